The minimum atomic E-state index is 0.965. The Morgan fingerprint density at radius 3 is 1.85 bits per heavy atom. The molecule has 0 spiro atoms. The van der Waals surface area contributed by atoms with Crippen LogP contribution in [0.15, 0.2) is 77.9 Å². The van der Waals surface area contributed by atoms with Gasteiger partial charge in [-0.15, -0.1) is 5.10 Å². The molecule has 3 aromatic carbocycles. The van der Waals surface area contributed by atoms with Crippen molar-refractivity contribution in [1.82, 2.24) is 4.57 Å². The monoisotopic (exact) mass is 359 g/mol. The second kappa shape index (κ2) is 6.81. The molecule has 0 amide bonds. The Morgan fingerprint density at radius 2 is 1.31 bits per heavy atom. The summed E-state index contributed by atoms with van der Waals surface area (Å²) in [5, 5.41) is 7.03. The Hall–Kier alpha value is -2.85. The van der Waals surface area contributed by atoms with Crippen molar-refractivity contribution in [2.24, 2.45) is 12.1 Å². The maximum atomic E-state index is 5.01. The Balaban J connectivity index is 1.90. The van der Waals surface area contributed by atoms with E-state index in [9.17, 15) is 0 Å². The largest absolute Gasteiger partial charge is 0.318 e. The molecule has 0 radical (unpaired) electrons. The van der Waals surface area contributed by atoms with Crippen molar-refractivity contribution in [3.63, 3.8) is 0 Å². The zero-order chi connectivity index (χ0) is 18.1. The van der Waals surface area contributed by atoms with E-state index in [-0.39, 0.29) is 0 Å². The van der Waals surface area contributed by atoms with Gasteiger partial charge in [0.1, 0.15) is 0 Å². The highest BCUT2D eigenvalue weighted by Crippen LogP contribution is 2.26. The van der Waals surface area contributed by atoms with Gasteiger partial charge in [0.05, 0.1) is 21.6 Å². The smallest absolute Gasteiger partial charge is 0.209 e. The highest BCUT2D eigenvalue weighted by atomic mass is 32.1. The highest BCUT2D eigenvalue weighted by molar-refractivity contribution is 7.16. The second-order valence-corrected chi connectivity index (χ2v) is 7.50. The third-order valence-electron chi connectivity index (χ3n) is 4.46. The van der Waals surface area contributed by atoms with Gasteiger partial charge in [-0.25, -0.2) is 5.01 Å². The lowest BCUT2D eigenvalue weighted by Gasteiger charge is -2.19. The molecule has 0 aliphatic rings. The molecule has 0 aliphatic carbocycles. The van der Waals surface area contributed by atoms with E-state index in [1.807, 2.05) is 5.01 Å². The number of nitrogens with zero attached hydrogens (tertiary/aromatic N) is 3. The van der Waals surface area contributed by atoms with Crippen LogP contribution in [-0.2, 0) is 7.05 Å². The summed E-state index contributed by atoms with van der Waals surface area (Å²) in [6.45, 7) is 4.20. The van der Waals surface area contributed by atoms with Crippen LogP contribution in [0.25, 0.3) is 10.2 Å². The van der Waals surface area contributed by atoms with E-state index in [0.717, 1.165) is 16.2 Å². The minimum absolute atomic E-state index is 0.965. The van der Waals surface area contributed by atoms with Gasteiger partial charge >= 0.3 is 0 Å². The van der Waals surface area contributed by atoms with Gasteiger partial charge in [0, 0.05) is 7.05 Å². The molecule has 0 saturated heterocycles. The number of anilines is 2. The molecule has 0 saturated carbocycles. The molecule has 4 aromatic rings. The minimum Gasteiger partial charge on any atom is -0.318 e. The predicted molar refractivity (Wildman–Crippen MR) is 111 cm³/mol. The normalized spacial score (nSPS) is 11.9. The quantitative estimate of drug-likeness (QED) is 0.442. The van der Waals surface area contributed by atoms with Crippen molar-refractivity contribution in [3.8, 4) is 0 Å². The van der Waals surface area contributed by atoms with Crippen molar-refractivity contribution in [1.29, 1.82) is 0 Å². The number of aromatic nitrogens is 1. The average Bonchev–Trinajstić information content (AvgIpc) is 2.98. The van der Waals surface area contributed by atoms with Crippen LogP contribution < -0.4 is 9.81 Å². The van der Waals surface area contributed by atoms with E-state index in [1.54, 1.807) is 11.3 Å². The van der Waals surface area contributed by atoms with Gasteiger partial charge in [0.15, 0.2) is 0 Å². The van der Waals surface area contributed by atoms with Crippen LogP contribution in [0.1, 0.15) is 11.1 Å². The third kappa shape index (κ3) is 3.16. The van der Waals surface area contributed by atoms with Crippen LogP contribution >= 0.6 is 11.3 Å². The van der Waals surface area contributed by atoms with Crippen LogP contribution in [0, 0.1) is 13.8 Å². The lowest BCUT2D eigenvalue weighted by atomic mass is 10.2. The number of para-hydroxylation sites is 1. The van der Waals surface area contributed by atoms with Gasteiger partial charge in [-0.05, 0) is 50.2 Å². The summed E-state index contributed by atoms with van der Waals surface area (Å²) < 4.78 is 3.39. The summed E-state index contributed by atoms with van der Waals surface area (Å²) in [5.41, 5.74) is 5.79. The fourth-order valence-electron chi connectivity index (χ4n) is 2.90. The van der Waals surface area contributed by atoms with Crippen LogP contribution in [-0.4, -0.2) is 4.57 Å². The first-order valence-corrected chi connectivity index (χ1v) is 9.46. The van der Waals surface area contributed by atoms with E-state index >= 15 is 0 Å². The van der Waals surface area contributed by atoms with E-state index in [4.69, 9.17) is 5.10 Å². The zero-order valence-corrected chi connectivity index (χ0v) is 16.0. The molecule has 1 aromatic heterocycles. The maximum Gasteiger partial charge on any atom is 0.209 e. The molecule has 0 fully saturated rings. The van der Waals surface area contributed by atoms with Gasteiger partial charge < -0.3 is 4.57 Å². The van der Waals surface area contributed by atoms with Gasteiger partial charge in [0.25, 0.3) is 0 Å². The van der Waals surface area contributed by atoms with Gasteiger partial charge in [-0.1, -0.05) is 58.9 Å². The van der Waals surface area contributed by atoms with Crippen molar-refractivity contribution in [3.05, 3.63) is 88.7 Å². The lowest BCUT2D eigenvalue weighted by Crippen LogP contribution is -2.19. The lowest BCUT2D eigenvalue weighted by molar-refractivity contribution is 0.872. The van der Waals surface area contributed by atoms with Gasteiger partial charge in [-0.2, -0.15) is 0 Å². The maximum absolute atomic E-state index is 5.01. The second-order valence-electron chi connectivity index (χ2n) is 6.49. The first kappa shape index (κ1) is 16.6. The van der Waals surface area contributed by atoms with E-state index in [1.165, 1.54) is 21.3 Å². The topological polar surface area (TPSA) is 20.5 Å². The summed E-state index contributed by atoms with van der Waals surface area (Å²) in [7, 11) is 2.07. The fraction of sp³-hybridized carbons (Fsp3) is 0.136. The van der Waals surface area contributed by atoms with E-state index < -0.39 is 0 Å². The molecule has 1 heterocycles. The fourth-order valence-corrected chi connectivity index (χ4v) is 3.91. The number of hydrogen-bond acceptors (Lipinski definition) is 3. The van der Waals surface area contributed by atoms with Crippen LogP contribution in [0.5, 0.6) is 0 Å². The molecule has 0 atom stereocenters. The first-order chi connectivity index (χ1) is 12.6. The van der Waals surface area contributed by atoms with Crippen molar-refractivity contribution in [2.75, 3.05) is 5.01 Å². The summed E-state index contributed by atoms with van der Waals surface area (Å²) >= 11 is 1.70. The number of fused-ring (bicyclic) bond motifs is 1. The van der Waals surface area contributed by atoms with E-state index in [2.05, 4.69) is 98.3 Å². The molecule has 0 bridgehead atoms. The van der Waals surface area contributed by atoms with Crippen molar-refractivity contribution >= 4 is 32.9 Å². The molecule has 4 heteroatoms. The first-order valence-electron chi connectivity index (χ1n) is 8.64. The van der Waals surface area contributed by atoms with Crippen LogP contribution in [0.2, 0.25) is 0 Å². The molecule has 130 valence electrons. The van der Waals surface area contributed by atoms with E-state index in [0.29, 0.717) is 0 Å². The molecule has 4 rings (SSSR count). The molecule has 3 nitrogen and oxygen atoms in total. The average molecular weight is 359 g/mol. The molecule has 26 heavy (non-hydrogen) atoms. The summed E-state index contributed by atoms with van der Waals surface area (Å²) in [6, 6.07) is 25.4. The Labute approximate surface area is 157 Å². The van der Waals surface area contributed by atoms with Gasteiger partial charge in [-0.3, -0.25) is 0 Å². The summed E-state index contributed by atoms with van der Waals surface area (Å²) in [4.78, 5) is 0.965. The van der Waals surface area contributed by atoms with Crippen molar-refractivity contribution < 1.29 is 0 Å². The Bertz CT molecular complexity index is 1060. The zero-order valence-electron chi connectivity index (χ0n) is 15.2. The standard InChI is InChI=1S/C22H21N3S/c1-16-8-12-18(13-9-16)25(19-14-10-17(2)11-15-19)23-22-24(3)20-6-4-5-7-21(20)26-22/h4-15H,1-3H3/b23-22-. The molecular formula is C22H21N3S. The Kier molecular flexibility index (Phi) is 4.35. The number of thiazole rings is 1. The summed E-state index contributed by atoms with van der Waals surface area (Å²) in [5.74, 6) is 0. The van der Waals surface area contributed by atoms with Crippen LogP contribution in [0.4, 0.5) is 11.4 Å². The SMILES string of the molecule is Cc1ccc(N(/N=c2\sc3ccccc3n2C)c2ccc(C)cc2)cc1. The number of benzene rings is 3. The van der Waals surface area contributed by atoms with Crippen molar-refractivity contribution in [2.45, 2.75) is 13.8 Å². The third-order valence-corrected chi connectivity index (χ3v) is 5.56. The molecular weight excluding hydrogens is 338 g/mol. The molecule has 0 unspecified atom stereocenters. The number of aryl methyl sites for hydroxylation is 3. The van der Waals surface area contributed by atoms with Gasteiger partial charge in [0.2, 0.25) is 4.80 Å². The molecule has 0 aliphatic heterocycles. The predicted octanol–water partition coefficient (Wildman–Crippen LogP) is 5.51. The molecule has 0 N–H and O–H groups in total. The van der Waals surface area contributed by atoms with Crippen LogP contribution in [0.3, 0.4) is 0 Å². The number of hydrogen-bond donors (Lipinski definition) is 0. The number of rotatable bonds is 3. The Morgan fingerprint density at radius 1 is 0.769 bits per heavy atom. The summed E-state index contributed by atoms with van der Waals surface area (Å²) in [6.07, 6.45) is 0. The highest BCUT2D eigenvalue weighted by Gasteiger charge is 2.10.